The number of aliphatic hydroxyl groups is 1. The van der Waals surface area contributed by atoms with Crippen molar-refractivity contribution in [3.63, 3.8) is 0 Å². The molecule has 1 aromatic rings. The number of aliphatic hydroxyl groups excluding tert-OH is 1. The van der Waals surface area contributed by atoms with Gasteiger partial charge in [-0.1, -0.05) is 17.7 Å². The Morgan fingerprint density at radius 2 is 1.86 bits per heavy atom. The van der Waals surface area contributed by atoms with Crippen molar-refractivity contribution in [3.8, 4) is 0 Å². The topological polar surface area (TPSA) is 71.2 Å². The van der Waals surface area contributed by atoms with Gasteiger partial charge in [-0.05, 0) is 36.9 Å². The number of nitrogens with zero attached hydrogens (tertiary/aromatic N) is 2. The van der Waals surface area contributed by atoms with Gasteiger partial charge in [-0.2, -0.15) is 5.11 Å². The van der Waals surface area contributed by atoms with Gasteiger partial charge in [0.05, 0.1) is 24.8 Å². The number of ether oxygens (including phenoxy) is 1. The molecule has 0 saturated carbocycles. The molecule has 0 radical (unpaired) electrons. The quantitative estimate of drug-likeness (QED) is 0.250. The first kappa shape index (κ1) is 20.7. The smallest absolute Gasteiger partial charge is 0.362 e. The Kier molecular flexibility index (Phi) is 9.76. The van der Waals surface area contributed by atoms with E-state index in [-0.39, 0.29) is 45.9 Å². The molecule has 22 heavy (non-hydrogen) atoms. The number of hydrogen-bond donors (Lipinski definition) is 1. The average molecular weight is 389 g/mol. The summed E-state index contributed by atoms with van der Waals surface area (Å²) in [4.78, 5) is 11.9. The Bertz CT molecular complexity index is 542. The predicted octanol–water partition coefficient (Wildman–Crippen LogP) is 0.293. The molecule has 0 saturated heterocycles. The van der Waals surface area contributed by atoms with Crippen LogP contribution in [0.2, 0.25) is 0 Å². The van der Waals surface area contributed by atoms with E-state index in [0.717, 1.165) is 5.56 Å². The minimum atomic E-state index is -0.656. The lowest BCUT2D eigenvalue weighted by molar-refractivity contribution is -0.138. The second kappa shape index (κ2) is 10.4. The van der Waals surface area contributed by atoms with Gasteiger partial charge in [-0.15, -0.1) is 5.11 Å². The van der Waals surface area contributed by atoms with Crippen molar-refractivity contribution in [2.24, 2.45) is 10.2 Å². The van der Waals surface area contributed by atoms with Crippen LogP contribution in [0.1, 0.15) is 12.5 Å². The summed E-state index contributed by atoms with van der Waals surface area (Å²) in [5.74, 6) is -0.366. The van der Waals surface area contributed by atoms with Gasteiger partial charge in [-0.25, -0.2) is 4.79 Å². The molecular weight excluding hydrogens is 368 g/mol. The van der Waals surface area contributed by atoms with Crippen molar-refractivity contribution >= 4 is 22.6 Å². The summed E-state index contributed by atoms with van der Waals surface area (Å²) in [5.41, 5.74) is 1.60. The molecule has 5 nitrogen and oxygen atoms in total. The third-order valence-corrected chi connectivity index (χ3v) is 3.32. The number of halogens is 1. The molecule has 0 heterocycles. The van der Waals surface area contributed by atoms with E-state index in [1.165, 1.54) is 0 Å². The standard InChI is InChI=1S/C15H20N2O3S.BrH/c1-5-20-15(19)14(13(18)10-21(3)4)17-16-12-8-6-11(2)7-9-12;/h6-9H,5,10H2,1-4H3;1H. The van der Waals surface area contributed by atoms with Crippen LogP contribution < -0.4 is 17.0 Å². The van der Waals surface area contributed by atoms with E-state index < -0.39 is 5.97 Å². The van der Waals surface area contributed by atoms with Crippen molar-refractivity contribution in [1.29, 1.82) is 0 Å². The maximum atomic E-state index is 11.9. The van der Waals surface area contributed by atoms with E-state index >= 15 is 0 Å². The Balaban J connectivity index is 0.00000441. The average Bonchev–Trinajstić information content (AvgIpc) is 2.40. The number of aryl methyl sites for hydroxylation is 1. The number of carbonyl (C=O) groups is 1. The van der Waals surface area contributed by atoms with Crippen LogP contribution in [-0.2, 0) is 20.4 Å². The lowest BCUT2D eigenvalue weighted by Gasteiger charge is -2.04. The van der Waals surface area contributed by atoms with Crippen LogP contribution in [0, 0.1) is 6.92 Å². The number of rotatable bonds is 6. The van der Waals surface area contributed by atoms with Crippen molar-refractivity contribution in [2.75, 3.05) is 24.9 Å². The highest BCUT2D eigenvalue weighted by molar-refractivity contribution is 7.95. The predicted molar refractivity (Wildman–Crippen MR) is 86.1 cm³/mol. The molecule has 1 aromatic carbocycles. The van der Waals surface area contributed by atoms with Crippen LogP contribution in [0.25, 0.3) is 0 Å². The Hall–Kier alpha value is -1.34. The van der Waals surface area contributed by atoms with E-state index in [0.29, 0.717) is 11.4 Å². The van der Waals surface area contributed by atoms with Gasteiger partial charge in [0.1, 0.15) is 0 Å². The summed E-state index contributed by atoms with van der Waals surface area (Å²) in [7, 11) is -0.0552. The number of azo groups is 1. The molecule has 0 aromatic heterocycles. The summed E-state index contributed by atoms with van der Waals surface area (Å²) in [5, 5.41) is 17.9. The molecule has 7 heteroatoms. The summed E-state index contributed by atoms with van der Waals surface area (Å²) in [6.07, 6.45) is 3.94. The number of benzene rings is 1. The largest absolute Gasteiger partial charge is 1.00 e. The van der Waals surface area contributed by atoms with E-state index in [1.54, 1.807) is 19.1 Å². The highest BCUT2D eigenvalue weighted by atomic mass is 79.9. The van der Waals surface area contributed by atoms with E-state index in [1.807, 2.05) is 31.6 Å². The second-order valence-electron chi connectivity index (χ2n) is 4.68. The Morgan fingerprint density at radius 3 is 2.36 bits per heavy atom. The fourth-order valence-electron chi connectivity index (χ4n) is 1.48. The number of hydrogen-bond acceptors (Lipinski definition) is 5. The molecule has 122 valence electrons. The van der Waals surface area contributed by atoms with Crippen LogP contribution in [0.4, 0.5) is 5.69 Å². The number of carbonyl (C=O) groups excluding carboxylic acids is 1. The monoisotopic (exact) mass is 388 g/mol. The van der Waals surface area contributed by atoms with Crippen LogP contribution >= 0.6 is 0 Å². The number of esters is 1. The molecule has 0 spiro atoms. The minimum absolute atomic E-state index is 0. The summed E-state index contributed by atoms with van der Waals surface area (Å²) in [6.45, 7) is 3.90. The fourth-order valence-corrected chi connectivity index (χ4v) is 2.16. The highest BCUT2D eigenvalue weighted by Gasteiger charge is 2.20. The zero-order valence-corrected chi connectivity index (χ0v) is 15.6. The summed E-state index contributed by atoms with van der Waals surface area (Å²) >= 11 is 0. The molecule has 0 aliphatic rings. The molecule has 0 bridgehead atoms. The van der Waals surface area contributed by atoms with Crippen LogP contribution in [-0.4, -0.2) is 35.9 Å². The summed E-state index contributed by atoms with van der Waals surface area (Å²) < 4.78 is 4.91. The molecule has 0 unspecified atom stereocenters. The van der Waals surface area contributed by atoms with E-state index in [4.69, 9.17) is 4.74 Å². The fraction of sp³-hybridized carbons (Fsp3) is 0.400. The molecule has 1 rings (SSSR count). The molecule has 0 aliphatic heterocycles. The minimum Gasteiger partial charge on any atom is -1.00 e. The van der Waals surface area contributed by atoms with Crippen LogP contribution in [0.5, 0.6) is 0 Å². The molecule has 0 amide bonds. The normalized spacial score (nSPS) is 12.0. The van der Waals surface area contributed by atoms with Crippen molar-refractivity contribution in [1.82, 2.24) is 0 Å². The lowest BCUT2D eigenvalue weighted by Crippen LogP contribution is -3.00. The van der Waals surface area contributed by atoms with Crippen LogP contribution in [0.3, 0.4) is 0 Å². The van der Waals surface area contributed by atoms with E-state index in [2.05, 4.69) is 10.2 Å². The zero-order valence-electron chi connectivity index (χ0n) is 13.2. The highest BCUT2D eigenvalue weighted by Crippen LogP contribution is 2.17. The van der Waals surface area contributed by atoms with Gasteiger partial charge >= 0.3 is 5.97 Å². The lowest BCUT2D eigenvalue weighted by atomic mass is 10.2. The zero-order chi connectivity index (χ0) is 15.8. The molecular formula is C15H21BrN2O3S. The maximum Gasteiger partial charge on any atom is 0.362 e. The first-order valence-corrected chi connectivity index (χ1v) is 8.77. The van der Waals surface area contributed by atoms with Crippen molar-refractivity contribution in [2.45, 2.75) is 13.8 Å². The third kappa shape index (κ3) is 7.09. The third-order valence-electron chi connectivity index (χ3n) is 2.47. The summed E-state index contributed by atoms with van der Waals surface area (Å²) in [6, 6.07) is 7.39. The van der Waals surface area contributed by atoms with Gasteiger partial charge < -0.3 is 26.8 Å². The molecule has 0 atom stereocenters. The SMILES string of the molecule is CCOC(=O)/C(N=Nc1ccc(C)cc1)=C(\O)C[S+](C)C.[Br-]. The first-order valence-electron chi connectivity index (χ1n) is 6.55. The molecule has 0 fully saturated rings. The maximum absolute atomic E-state index is 11.9. The second-order valence-corrected chi connectivity index (χ2v) is 6.94. The van der Waals surface area contributed by atoms with Crippen molar-refractivity contribution in [3.05, 3.63) is 41.3 Å². The molecule has 1 N–H and O–H groups in total. The Labute approximate surface area is 144 Å². The Morgan fingerprint density at radius 1 is 1.27 bits per heavy atom. The van der Waals surface area contributed by atoms with Gasteiger partial charge in [0.25, 0.3) is 0 Å². The van der Waals surface area contributed by atoms with Crippen molar-refractivity contribution < 1.29 is 31.6 Å². The molecule has 0 aliphatic carbocycles. The van der Waals surface area contributed by atoms with Gasteiger partial charge in [-0.3, -0.25) is 0 Å². The van der Waals surface area contributed by atoms with Gasteiger partial charge in [0.15, 0.2) is 11.5 Å². The van der Waals surface area contributed by atoms with E-state index in [9.17, 15) is 9.90 Å². The van der Waals surface area contributed by atoms with Crippen LogP contribution in [0.15, 0.2) is 46.0 Å². The first-order chi connectivity index (χ1) is 9.93. The van der Waals surface area contributed by atoms with Gasteiger partial charge in [0, 0.05) is 0 Å². The van der Waals surface area contributed by atoms with Gasteiger partial charge in [0.2, 0.25) is 5.70 Å².